The van der Waals surface area contributed by atoms with Crippen LogP contribution in [0.5, 0.6) is 0 Å². The molecule has 0 fully saturated rings. The summed E-state index contributed by atoms with van der Waals surface area (Å²) in [5.41, 5.74) is 0.749. The molecule has 5 heteroatoms. The van der Waals surface area contributed by atoms with Crippen molar-refractivity contribution in [2.45, 2.75) is 6.54 Å². The summed E-state index contributed by atoms with van der Waals surface area (Å²) in [4.78, 5) is 3.82. The molecule has 0 unspecified atom stereocenters. The Bertz CT molecular complexity index is 631. The highest BCUT2D eigenvalue weighted by Gasteiger charge is 2.07. The number of hydrogen-bond acceptors (Lipinski definition) is 3. The molecule has 0 bridgehead atoms. The summed E-state index contributed by atoms with van der Waals surface area (Å²) in [5, 5.41) is 17.5. The summed E-state index contributed by atoms with van der Waals surface area (Å²) in [7, 11) is 0. The number of rotatable bonds is 2. The van der Waals surface area contributed by atoms with E-state index in [1.807, 2.05) is 12.1 Å². The van der Waals surface area contributed by atoms with Crippen molar-refractivity contribution in [3.8, 4) is 12.1 Å². The van der Waals surface area contributed by atoms with Crippen LogP contribution in [0.2, 0.25) is 0 Å². The van der Waals surface area contributed by atoms with E-state index in [1.165, 1.54) is 29.0 Å². The second-order valence-corrected chi connectivity index (χ2v) is 3.41. The Kier molecular flexibility index (Phi) is 2.85. The molecule has 0 N–H and O–H groups in total. The molecule has 0 aliphatic carbocycles. The molecule has 1 aromatic carbocycles. The van der Waals surface area contributed by atoms with Crippen molar-refractivity contribution < 1.29 is 4.39 Å². The van der Waals surface area contributed by atoms with Gasteiger partial charge in [-0.25, -0.2) is 9.37 Å². The maximum Gasteiger partial charge on any atom is 0.213 e. The van der Waals surface area contributed by atoms with Gasteiger partial charge in [-0.3, -0.25) is 0 Å². The first-order valence-corrected chi connectivity index (χ1v) is 4.84. The molecule has 1 heterocycles. The van der Waals surface area contributed by atoms with Crippen LogP contribution in [0.25, 0.3) is 0 Å². The van der Waals surface area contributed by atoms with Gasteiger partial charge in [0.1, 0.15) is 11.9 Å². The highest BCUT2D eigenvalue weighted by molar-refractivity contribution is 5.34. The summed E-state index contributed by atoms with van der Waals surface area (Å²) < 4.78 is 15.0. The fraction of sp³-hybridized carbons (Fsp3) is 0.0833. The first-order chi connectivity index (χ1) is 8.24. The molecule has 0 atom stereocenters. The van der Waals surface area contributed by atoms with E-state index in [-0.39, 0.29) is 12.4 Å². The molecule has 2 rings (SSSR count). The van der Waals surface area contributed by atoms with Crippen molar-refractivity contribution in [3.05, 3.63) is 53.4 Å². The number of hydrogen-bond donors (Lipinski definition) is 0. The van der Waals surface area contributed by atoms with Gasteiger partial charge < -0.3 is 4.57 Å². The van der Waals surface area contributed by atoms with Crippen molar-refractivity contribution in [3.63, 3.8) is 0 Å². The van der Waals surface area contributed by atoms with Gasteiger partial charge in [0.2, 0.25) is 5.82 Å². The molecule has 1 aromatic heterocycles. The Hall–Kier alpha value is -2.66. The van der Waals surface area contributed by atoms with Gasteiger partial charge in [-0.1, -0.05) is 0 Å². The summed E-state index contributed by atoms with van der Waals surface area (Å²) in [6.45, 7) is 0.185. The lowest BCUT2D eigenvalue weighted by Crippen LogP contribution is -2.04. The lowest BCUT2D eigenvalue weighted by molar-refractivity contribution is 0.598. The number of halogens is 1. The van der Waals surface area contributed by atoms with Crippen molar-refractivity contribution in [1.29, 1.82) is 10.5 Å². The predicted octanol–water partition coefficient (Wildman–Crippen LogP) is 1.81. The fourth-order valence-electron chi connectivity index (χ4n) is 1.50. The molecule has 0 radical (unpaired) electrons. The Balaban J connectivity index is 2.37. The summed E-state index contributed by atoms with van der Waals surface area (Å²) in [6, 6.07) is 7.98. The van der Waals surface area contributed by atoms with E-state index in [9.17, 15) is 4.39 Å². The van der Waals surface area contributed by atoms with E-state index in [2.05, 4.69) is 4.98 Å². The van der Waals surface area contributed by atoms with Gasteiger partial charge in [0.05, 0.1) is 18.2 Å². The van der Waals surface area contributed by atoms with Crippen molar-refractivity contribution in [2.24, 2.45) is 0 Å². The molecule has 0 aliphatic rings. The minimum absolute atomic E-state index is 0.185. The zero-order valence-electron chi connectivity index (χ0n) is 8.76. The molecule has 2 aromatic rings. The molecular formula is C12H7FN4. The fourth-order valence-corrected chi connectivity index (χ4v) is 1.50. The van der Waals surface area contributed by atoms with Crippen molar-refractivity contribution in [1.82, 2.24) is 9.55 Å². The lowest BCUT2D eigenvalue weighted by atomic mass is 10.1. The van der Waals surface area contributed by atoms with Crippen LogP contribution in [-0.4, -0.2) is 9.55 Å². The zero-order chi connectivity index (χ0) is 12.3. The molecule has 4 nitrogen and oxygen atoms in total. The van der Waals surface area contributed by atoms with Crippen LogP contribution in [0.4, 0.5) is 4.39 Å². The molecule has 0 saturated heterocycles. The van der Waals surface area contributed by atoms with Crippen LogP contribution < -0.4 is 0 Å². The van der Waals surface area contributed by atoms with Gasteiger partial charge in [-0.15, -0.1) is 0 Å². The molecule has 17 heavy (non-hydrogen) atoms. The van der Waals surface area contributed by atoms with E-state index in [4.69, 9.17) is 10.5 Å². The normalized spacial score (nSPS) is 9.59. The topological polar surface area (TPSA) is 65.4 Å². The zero-order valence-corrected chi connectivity index (χ0v) is 8.76. The Labute approximate surface area is 97.2 Å². The largest absolute Gasteiger partial charge is 0.318 e. The van der Waals surface area contributed by atoms with Crippen molar-refractivity contribution in [2.75, 3.05) is 0 Å². The van der Waals surface area contributed by atoms with Crippen LogP contribution >= 0.6 is 0 Å². The van der Waals surface area contributed by atoms with Gasteiger partial charge in [0.15, 0.2) is 0 Å². The maximum absolute atomic E-state index is 13.5. The van der Waals surface area contributed by atoms with Crippen LogP contribution in [0, 0.1) is 28.5 Å². The van der Waals surface area contributed by atoms with E-state index in [1.54, 1.807) is 6.20 Å². The number of benzene rings is 1. The third-order valence-corrected chi connectivity index (χ3v) is 2.33. The molecule has 0 amide bonds. The van der Waals surface area contributed by atoms with Gasteiger partial charge in [-0.2, -0.15) is 10.5 Å². The standard InChI is InChI=1S/C12H7FN4/c13-11-2-1-9(6-14)5-10(11)8-17-4-3-16-12(17)7-15/h1-5H,8H2. The van der Waals surface area contributed by atoms with E-state index >= 15 is 0 Å². The van der Waals surface area contributed by atoms with E-state index < -0.39 is 5.82 Å². The van der Waals surface area contributed by atoms with Crippen LogP contribution in [0.1, 0.15) is 17.0 Å². The summed E-state index contributed by atoms with van der Waals surface area (Å²) in [6.07, 6.45) is 3.07. The minimum Gasteiger partial charge on any atom is -0.318 e. The van der Waals surface area contributed by atoms with Gasteiger partial charge in [0.25, 0.3) is 0 Å². The molecule has 0 aliphatic heterocycles. The van der Waals surface area contributed by atoms with Crippen LogP contribution in [-0.2, 0) is 6.54 Å². The first-order valence-electron chi connectivity index (χ1n) is 4.84. The average molecular weight is 226 g/mol. The van der Waals surface area contributed by atoms with Crippen molar-refractivity contribution >= 4 is 0 Å². The third-order valence-electron chi connectivity index (χ3n) is 2.33. The monoisotopic (exact) mass is 226 g/mol. The maximum atomic E-state index is 13.5. The molecular weight excluding hydrogens is 219 g/mol. The number of nitrogens with zero attached hydrogens (tertiary/aromatic N) is 4. The number of nitriles is 2. The van der Waals surface area contributed by atoms with Crippen LogP contribution in [0.15, 0.2) is 30.6 Å². The molecule has 0 saturated carbocycles. The number of aromatic nitrogens is 2. The van der Waals surface area contributed by atoms with Gasteiger partial charge >= 0.3 is 0 Å². The Morgan fingerprint density at radius 3 is 2.82 bits per heavy atom. The molecule has 0 spiro atoms. The Morgan fingerprint density at radius 2 is 2.12 bits per heavy atom. The SMILES string of the molecule is N#Cc1ccc(F)c(Cn2ccnc2C#N)c1. The second-order valence-electron chi connectivity index (χ2n) is 3.41. The lowest BCUT2D eigenvalue weighted by Gasteiger charge is -2.05. The predicted molar refractivity (Wildman–Crippen MR) is 57.2 cm³/mol. The summed E-state index contributed by atoms with van der Waals surface area (Å²) >= 11 is 0. The highest BCUT2D eigenvalue weighted by Crippen LogP contribution is 2.12. The summed E-state index contributed by atoms with van der Waals surface area (Å²) in [5.74, 6) is -0.187. The minimum atomic E-state index is -0.401. The second kappa shape index (κ2) is 4.46. The van der Waals surface area contributed by atoms with E-state index in [0.29, 0.717) is 11.1 Å². The van der Waals surface area contributed by atoms with Gasteiger partial charge in [0, 0.05) is 18.0 Å². The number of imidazole rings is 1. The average Bonchev–Trinajstić information content (AvgIpc) is 2.79. The first kappa shape index (κ1) is 10.8. The third kappa shape index (κ3) is 2.14. The molecule has 82 valence electrons. The van der Waals surface area contributed by atoms with Gasteiger partial charge in [-0.05, 0) is 18.2 Å². The smallest absolute Gasteiger partial charge is 0.213 e. The van der Waals surface area contributed by atoms with E-state index in [0.717, 1.165) is 0 Å². The highest BCUT2D eigenvalue weighted by atomic mass is 19.1. The Morgan fingerprint density at radius 1 is 1.29 bits per heavy atom. The van der Waals surface area contributed by atoms with Crippen LogP contribution in [0.3, 0.4) is 0 Å². The quantitative estimate of drug-likeness (QED) is 0.784.